The third-order valence-corrected chi connectivity index (χ3v) is 7.93. The van der Waals surface area contributed by atoms with E-state index < -0.39 is 16.0 Å². The predicted molar refractivity (Wildman–Crippen MR) is 162 cm³/mol. The lowest BCUT2D eigenvalue weighted by molar-refractivity contribution is 0.0697. The molecule has 0 saturated carbocycles. The third-order valence-electron chi connectivity index (χ3n) is 7.02. The largest absolute Gasteiger partial charge is 0.494 e. The molecule has 41 heavy (non-hydrogen) atoms. The Morgan fingerprint density at radius 3 is 2.49 bits per heavy atom. The third kappa shape index (κ3) is 5.35. The van der Waals surface area contributed by atoms with E-state index in [1.807, 2.05) is 53.6 Å². The van der Waals surface area contributed by atoms with Crippen molar-refractivity contribution in [1.82, 2.24) is 14.9 Å². The number of aromatic nitrogens is 2. The summed E-state index contributed by atoms with van der Waals surface area (Å²) in [5, 5.41) is 13.7. The van der Waals surface area contributed by atoms with Crippen LogP contribution in [0.4, 0.5) is 11.4 Å². The van der Waals surface area contributed by atoms with E-state index in [1.54, 1.807) is 42.6 Å². The summed E-state index contributed by atoms with van der Waals surface area (Å²) in [5.41, 5.74) is 5.14. The summed E-state index contributed by atoms with van der Waals surface area (Å²) in [6, 6.07) is 19.0. The van der Waals surface area contributed by atoms with Crippen LogP contribution in [0.25, 0.3) is 5.69 Å². The lowest BCUT2D eigenvalue weighted by Crippen LogP contribution is -2.29. The summed E-state index contributed by atoms with van der Waals surface area (Å²) < 4.78 is 33.7. The highest BCUT2D eigenvalue weighted by atomic mass is 32.2. The van der Waals surface area contributed by atoms with Crippen LogP contribution in [-0.4, -0.2) is 47.5 Å². The molecule has 3 heterocycles. The number of thiocarbonyl (C=S) groups is 1. The maximum atomic E-state index is 12.1. The molecule has 5 rings (SSSR count). The fourth-order valence-electron chi connectivity index (χ4n) is 5.37. The molecule has 0 unspecified atom stereocenters. The van der Waals surface area contributed by atoms with Gasteiger partial charge in [0.25, 0.3) is 0 Å². The van der Waals surface area contributed by atoms with Crippen molar-refractivity contribution in [3.8, 4) is 11.4 Å². The second-order valence-electron chi connectivity index (χ2n) is 9.74. The Kier molecular flexibility index (Phi) is 7.45. The number of carboxylic acids is 1. The molecule has 212 valence electrons. The van der Waals surface area contributed by atoms with Crippen LogP contribution in [0.3, 0.4) is 0 Å². The van der Waals surface area contributed by atoms with Gasteiger partial charge in [0.2, 0.25) is 10.0 Å². The Labute approximate surface area is 243 Å². The highest BCUT2D eigenvalue weighted by Gasteiger charge is 2.42. The van der Waals surface area contributed by atoms with E-state index in [-0.39, 0.29) is 17.6 Å². The first-order chi connectivity index (χ1) is 19.5. The minimum Gasteiger partial charge on any atom is -0.494 e. The molecule has 4 aromatic rings. The van der Waals surface area contributed by atoms with Crippen molar-refractivity contribution in [2.45, 2.75) is 25.9 Å². The Balaban J connectivity index is 1.69. The number of carboxylic acid groups (broad SMARTS) is 1. The average Bonchev–Trinajstić information content (AvgIpc) is 3.43. The smallest absolute Gasteiger partial charge is 0.337 e. The zero-order valence-electron chi connectivity index (χ0n) is 22.8. The van der Waals surface area contributed by atoms with Crippen LogP contribution in [0.1, 0.15) is 45.1 Å². The van der Waals surface area contributed by atoms with Crippen molar-refractivity contribution >= 4 is 44.7 Å². The molecule has 1 saturated heterocycles. The second-order valence-corrected chi connectivity index (χ2v) is 11.9. The molecule has 10 nitrogen and oxygen atoms in total. The standard InChI is InChI=1S/C29H29N5O5S2/c1-17-15-21(18(2)33(17)24-11-6-5-9-20(24)28(35)36)27-26(23-10-7-8-14-30-23)31-29(40)34(27)19-12-13-22(25(16-19)39-3)32-41(4,37)38/h5-16,26-27,32H,1-4H3,(H,31,40)(H,35,36)/t26-,27-/m1/s1. The van der Waals surface area contributed by atoms with Gasteiger partial charge in [-0.15, -0.1) is 0 Å². The number of aromatic carboxylic acids is 1. The average molecular weight is 592 g/mol. The molecular formula is C29H29N5O5S2. The lowest BCUT2D eigenvalue weighted by Gasteiger charge is -2.29. The number of hydrogen-bond acceptors (Lipinski definition) is 6. The lowest BCUT2D eigenvalue weighted by atomic mass is 9.96. The van der Waals surface area contributed by atoms with Crippen molar-refractivity contribution in [3.05, 3.63) is 101 Å². The van der Waals surface area contributed by atoms with Crippen molar-refractivity contribution < 1.29 is 23.1 Å². The number of nitrogens with one attached hydrogen (secondary N) is 2. The molecule has 1 aliphatic rings. The number of nitrogens with zero attached hydrogens (tertiary/aromatic N) is 3. The Morgan fingerprint density at radius 1 is 1.10 bits per heavy atom. The minimum atomic E-state index is -3.53. The molecule has 0 bridgehead atoms. The Bertz CT molecular complexity index is 1750. The fourth-order valence-corrected chi connectivity index (χ4v) is 6.28. The molecule has 12 heteroatoms. The number of pyridine rings is 1. The summed E-state index contributed by atoms with van der Waals surface area (Å²) in [6.45, 7) is 3.89. The Hall–Kier alpha value is -4.42. The maximum absolute atomic E-state index is 12.1. The minimum absolute atomic E-state index is 0.192. The van der Waals surface area contributed by atoms with Crippen LogP contribution in [0.2, 0.25) is 0 Å². The number of benzene rings is 2. The second kappa shape index (κ2) is 10.9. The van der Waals surface area contributed by atoms with Gasteiger partial charge < -0.3 is 24.6 Å². The monoisotopic (exact) mass is 591 g/mol. The zero-order chi connectivity index (χ0) is 29.5. The molecule has 2 aromatic carbocycles. The number of methoxy groups -OCH3 is 1. The maximum Gasteiger partial charge on any atom is 0.337 e. The number of anilines is 2. The molecule has 1 aliphatic heterocycles. The first-order valence-electron chi connectivity index (χ1n) is 12.7. The first-order valence-corrected chi connectivity index (χ1v) is 15.0. The van der Waals surface area contributed by atoms with Gasteiger partial charge in [-0.3, -0.25) is 9.71 Å². The highest BCUT2D eigenvalue weighted by Crippen LogP contribution is 2.45. The van der Waals surface area contributed by atoms with Gasteiger partial charge >= 0.3 is 5.97 Å². The van der Waals surface area contributed by atoms with Gasteiger partial charge in [-0.1, -0.05) is 18.2 Å². The normalized spacial score (nSPS) is 16.9. The van der Waals surface area contributed by atoms with E-state index in [2.05, 4.69) is 15.0 Å². The number of aryl methyl sites for hydroxylation is 1. The van der Waals surface area contributed by atoms with E-state index in [0.717, 1.165) is 28.9 Å². The quantitative estimate of drug-likeness (QED) is 0.249. The zero-order valence-corrected chi connectivity index (χ0v) is 24.5. The summed E-state index contributed by atoms with van der Waals surface area (Å²) in [6.07, 6.45) is 2.80. The highest BCUT2D eigenvalue weighted by molar-refractivity contribution is 7.92. The number of hydrogen-bond donors (Lipinski definition) is 3. The Morgan fingerprint density at radius 2 is 1.83 bits per heavy atom. The van der Waals surface area contributed by atoms with Crippen LogP contribution in [-0.2, 0) is 10.0 Å². The summed E-state index contributed by atoms with van der Waals surface area (Å²) in [7, 11) is -2.06. The predicted octanol–water partition coefficient (Wildman–Crippen LogP) is 4.74. The van der Waals surface area contributed by atoms with Gasteiger partial charge in [-0.05, 0) is 74.1 Å². The van der Waals surface area contributed by atoms with E-state index in [4.69, 9.17) is 17.0 Å². The number of sulfonamides is 1. The van der Waals surface area contributed by atoms with Gasteiger partial charge in [0, 0.05) is 29.3 Å². The number of carbonyl (C=O) groups is 1. The van der Waals surface area contributed by atoms with Crippen LogP contribution in [0.5, 0.6) is 5.75 Å². The van der Waals surface area contributed by atoms with Crippen LogP contribution < -0.4 is 19.7 Å². The van der Waals surface area contributed by atoms with Gasteiger partial charge in [0.1, 0.15) is 5.75 Å². The van der Waals surface area contributed by atoms with Crippen LogP contribution in [0, 0.1) is 13.8 Å². The van der Waals surface area contributed by atoms with Crippen molar-refractivity contribution in [2.75, 3.05) is 23.0 Å². The number of ether oxygens (including phenoxy) is 1. The molecular weight excluding hydrogens is 562 g/mol. The molecule has 1 fully saturated rings. The molecule has 0 aliphatic carbocycles. The number of rotatable bonds is 8. The van der Waals surface area contributed by atoms with E-state index in [1.165, 1.54) is 7.11 Å². The first kappa shape index (κ1) is 28.1. The van der Waals surface area contributed by atoms with Gasteiger partial charge in [-0.2, -0.15) is 0 Å². The summed E-state index contributed by atoms with van der Waals surface area (Å²) in [4.78, 5) is 18.6. The van der Waals surface area contributed by atoms with Gasteiger partial charge in [0.15, 0.2) is 5.11 Å². The van der Waals surface area contributed by atoms with E-state index >= 15 is 0 Å². The molecule has 0 spiro atoms. The topological polar surface area (TPSA) is 126 Å². The van der Waals surface area contributed by atoms with E-state index in [9.17, 15) is 18.3 Å². The van der Waals surface area contributed by atoms with Gasteiger partial charge in [0.05, 0.1) is 48.1 Å². The summed E-state index contributed by atoms with van der Waals surface area (Å²) in [5.74, 6) is -0.683. The number of para-hydroxylation sites is 1. The van der Waals surface area contributed by atoms with E-state index in [0.29, 0.717) is 27.9 Å². The molecule has 0 radical (unpaired) electrons. The fraction of sp³-hybridized carbons (Fsp3) is 0.207. The summed E-state index contributed by atoms with van der Waals surface area (Å²) >= 11 is 5.86. The molecule has 2 aromatic heterocycles. The van der Waals surface area contributed by atoms with Gasteiger partial charge in [-0.25, -0.2) is 13.2 Å². The van der Waals surface area contributed by atoms with Crippen LogP contribution in [0.15, 0.2) is 72.9 Å². The van der Waals surface area contributed by atoms with Crippen LogP contribution >= 0.6 is 12.2 Å². The molecule has 0 amide bonds. The molecule has 3 N–H and O–H groups in total. The van der Waals surface area contributed by atoms with Crippen molar-refractivity contribution in [2.24, 2.45) is 0 Å². The van der Waals surface area contributed by atoms with Crippen molar-refractivity contribution in [1.29, 1.82) is 0 Å². The SMILES string of the molecule is COc1cc(N2C(=S)N[C@H](c3ccccn3)[C@H]2c2cc(C)n(-c3ccccc3C(=O)O)c2C)ccc1NS(C)(=O)=O. The molecule has 2 atom stereocenters. The van der Waals surface area contributed by atoms with Crippen molar-refractivity contribution in [3.63, 3.8) is 0 Å².